The standard InChI is InChI=1S/C13H22N4O/c1-13(2,17-7-3-4-8-17)12(18)14-6-5-11-9-15-16-10-11/h9-10H,3-8H2,1-2H3,(H,14,18)(H,15,16). The maximum Gasteiger partial charge on any atom is 0.239 e. The molecule has 0 aliphatic carbocycles. The van der Waals surface area contributed by atoms with Crippen molar-refractivity contribution >= 4 is 5.91 Å². The Labute approximate surface area is 108 Å². The zero-order valence-electron chi connectivity index (χ0n) is 11.2. The van der Waals surface area contributed by atoms with Crippen LogP contribution in [0.3, 0.4) is 0 Å². The summed E-state index contributed by atoms with van der Waals surface area (Å²) in [7, 11) is 0. The summed E-state index contributed by atoms with van der Waals surface area (Å²) >= 11 is 0. The van der Waals surface area contributed by atoms with Gasteiger partial charge in [-0.3, -0.25) is 14.8 Å². The molecule has 2 N–H and O–H groups in total. The fourth-order valence-corrected chi connectivity index (χ4v) is 2.37. The number of carbonyl (C=O) groups excluding carboxylic acids is 1. The van der Waals surface area contributed by atoms with Gasteiger partial charge in [0.2, 0.25) is 5.91 Å². The number of nitrogens with one attached hydrogen (secondary N) is 2. The lowest BCUT2D eigenvalue weighted by molar-refractivity contribution is -0.131. The second-order valence-electron chi connectivity index (χ2n) is 5.37. The smallest absolute Gasteiger partial charge is 0.239 e. The molecule has 0 unspecified atom stereocenters. The molecule has 0 atom stereocenters. The van der Waals surface area contributed by atoms with Gasteiger partial charge in [-0.1, -0.05) is 0 Å². The van der Waals surface area contributed by atoms with E-state index in [9.17, 15) is 4.79 Å². The topological polar surface area (TPSA) is 61.0 Å². The molecule has 0 saturated carbocycles. The Balaban J connectivity index is 1.79. The Morgan fingerprint density at radius 3 is 2.83 bits per heavy atom. The minimum Gasteiger partial charge on any atom is -0.354 e. The van der Waals surface area contributed by atoms with Crippen LogP contribution in [0.4, 0.5) is 0 Å². The third-order valence-corrected chi connectivity index (χ3v) is 3.71. The van der Waals surface area contributed by atoms with Crippen LogP contribution in [-0.4, -0.2) is 46.2 Å². The zero-order chi connectivity index (χ0) is 13.0. The summed E-state index contributed by atoms with van der Waals surface area (Å²) in [5.41, 5.74) is 0.724. The Morgan fingerprint density at radius 1 is 1.50 bits per heavy atom. The molecule has 18 heavy (non-hydrogen) atoms. The van der Waals surface area contributed by atoms with Gasteiger partial charge >= 0.3 is 0 Å². The predicted octanol–water partition coefficient (Wildman–Crippen LogP) is 0.943. The number of rotatable bonds is 5. The summed E-state index contributed by atoms with van der Waals surface area (Å²) in [5, 5.41) is 9.67. The van der Waals surface area contributed by atoms with Crippen LogP contribution in [0.5, 0.6) is 0 Å². The number of H-pyrrole nitrogens is 1. The Kier molecular flexibility index (Phi) is 4.01. The normalized spacial score (nSPS) is 17.0. The number of hydrogen-bond acceptors (Lipinski definition) is 3. The highest BCUT2D eigenvalue weighted by molar-refractivity contribution is 5.85. The van der Waals surface area contributed by atoms with Crippen molar-refractivity contribution in [1.29, 1.82) is 0 Å². The first kappa shape index (κ1) is 13.1. The number of amides is 1. The van der Waals surface area contributed by atoms with Crippen molar-refractivity contribution in [3.63, 3.8) is 0 Å². The van der Waals surface area contributed by atoms with E-state index in [0.717, 1.165) is 25.1 Å². The molecule has 5 nitrogen and oxygen atoms in total. The van der Waals surface area contributed by atoms with Crippen LogP contribution in [0.1, 0.15) is 32.3 Å². The van der Waals surface area contributed by atoms with Gasteiger partial charge in [-0.05, 0) is 51.8 Å². The van der Waals surface area contributed by atoms with Gasteiger partial charge in [-0.2, -0.15) is 5.10 Å². The molecular weight excluding hydrogens is 228 g/mol. The fourth-order valence-electron chi connectivity index (χ4n) is 2.37. The number of aromatic nitrogens is 2. The highest BCUT2D eigenvalue weighted by Crippen LogP contribution is 2.20. The third kappa shape index (κ3) is 2.90. The van der Waals surface area contributed by atoms with E-state index in [1.165, 1.54) is 12.8 Å². The van der Waals surface area contributed by atoms with Crippen molar-refractivity contribution in [3.05, 3.63) is 18.0 Å². The van der Waals surface area contributed by atoms with Gasteiger partial charge in [0.25, 0.3) is 0 Å². The molecule has 1 aromatic rings. The third-order valence-electron chi connectivity index (χ3n) is 3.71. The molecule has 1 saturated heterocycles. The summed E-state index contributed by atoms with van der Waals surface area (Å²) < 4.78 is 0. The quantitative estimate of drug-likeness (QED) is 0.817. The lowest BCUT2D eigenvalue weighted by Gasteiger charge is -2.33. The maximum atomic E-state index is 12.2. The van der Waals surface area contributed by atoms with E-state index in [4.69, 9.17) is 0 Å². The number of hydrogen-bond donors (Lipinski definition) is 2. The average molecular weight is 250 g/mol. The molecule has 100 valence electrons. The van der Waals surface area contributed by atoms with Crippen LogP contribution in [0, 0.1) is 0 Å². The molecule has 1 aliphatic heterocycles. The van der Waals surface area contributed by atoms with Crippen LogP contribution in [0.2, 0.25) is 0 Å². The van der Waals surface area contributed by atoms with Crippen molar-refractivity contribution in [2.75, 3.05) is 19.6 Å². The summed E-state index contributed by atoms with van der Waals surface area (Å²) in [5.74, 6) is 0.118. The largest absolute Gasteiger partial charge is 0.354 e. The lowest BCUT2D eigenvalue weighted by Crippen LogP contribution is -2.54. The van der Waals surface area contributed by atoms with Gasteiger partial charge in [0.15, 0.2) is 0 Å². The summed E-state index contributed by atoms with van der Waals surface area (Å²) in [4.78, 5) is 14.5. The highest BCUT2D eigenvalue weighted by Gasteiger charge is 2.35. The summed E-state index contributed by atoms with van der Waals surface area (Å²) in [6, 6.07) is 0. The van der Waals surface area contributed by atoms with E-state index in [1.54, 1.807) is 6.20 Å². The van der Waals surface area contributed by atoms with Crippen LogP contribution < -0.4 is 5.32 Å². The van der Waals surface area contributed by atoms with Crippen molar-refractivity contribution < 1.29 is 4.79 Å². The second-order valence-corrected chi connectivity index (χ2v) is 5.37. The molecule has 2 rings (SSSR count). The van der Waals surface area contributed by atoms with Gasteiger partial charge in [-0.25, -0.2) is 0 Å². The molecule has 2 heterocycles. The van der Waals surface area contributed by atoms with E-state index < -0.39 is 5.54 Å². The molecule has 0 spiro atoms. The molecule has 1 amide bonds. The maximum absolute atomic E-state index is 12.2. The second kappa shape index (κ2) is 5.52. The Morgan fingerprint density at radius 2 is 2.22 bits per heavy atom. The predicted molar refractivity (Wildman–Crippen MR) is 70.2 cm³/mol. The van der Waals surface area contributed by atoms with Gasteiger partial charge < -0.3 is 5.32 Å². The van der Waals surface area contributed by atoms with E-state index in [0.29, 0.717) is 6.54 Å². The lowest BCUT2D eigenvalue weighted by atomic mass is 10.0. The molecule has 0 radical (unpaired) electrons. The first-order valence-electron chi connectivity index (χ1n) is 6.62. The van der Waals surface area contributed by atoms with Gasteiger partial charge in [-0.15, -0.1) is 0 Å². The Hall–Kier alpha value is -1.36. The number of nitrogens with zero attached hydrogens (tertiary/aromatic N) is 2. The van der Waals surface area contributed by atoms with Crippen molar-refractivity contribution in [2.24, 2.45) is 0 Å². The highest BCUT2D eigenvalue weighted by atomic mass is 16.2. The first-order valence-corrected chi connectivity index (χ1v) is 6.62. The van der Waals surface area contributed by atoms with Crippen LogP contribution in [-0.2, 0) is 11.2 Å². The van der Waals surface area contributed by atoms with Gasteiger partial charge in [0.1, 0.15) is 0 Å². The molecular formula is C13H22N4O. The minimum absolute atomic E-state index is 0.118. The van der Waals surface area contributed by atoms with Gasteiger partial charge in [0.05, 0.1) is 11.7 Å². The number of aromatic amines is 1. The van der Waals surface area contributed by atoms with Crippen LogP contribution in [0.25, 0.3) is 0 Å². The van der Waals surface area contributed by atoms with E-state index >= 15 is 0 Å². The van der Waals surface area contributed by atoms with E-state index in [2.05, 4.69) is 20.4 Å². The van der Waals surface area contributed by atoms with Crippen molar-refractivity contribution in [3.8, 4) is 0 Å². The van der Waals surface area contributed by atoms with E-state index in [-0.39, 0.29) is 5.91 Å². The van der Waals surface area contributed by atoms with Gasteiger partial charge in [0, 0.05) is 12.7 Å². The molecule has 1 aromatic heterocycles. The van der Waals surface area contributed by atoms with Crippen LogP contribution >= 0.6 is 0 Å². The van der Waals surface area contributed by atoms with E-state index in [1.807, 2.05) is 20.0 Å². The number of likely N-dealkylation sites (tertiary alicyclic amines) is 1. The zero-order valence-corrected chi connectivity index (χ0v) is 11.2. The Bertz CT molecular complexity index is 380. The molecule has 0 aromatic carbocycles. The SMILES string of the molecule is CC(C)(C(=O)NCCc1cn[nH]c1)N1CCCC1. The first-order chi connectivity index (χ1) is 8.60. The van der Waals surface area contributed by atoms with Crippen molar-refractivity contribution in [2.45, 2.75) is 38.6 Å². The van der Waals surface area contributed by atoms with Crippen molar-refractivity contribution in [1.82, 2.24) is 20.4 Å². The monoisotopic (exact) mass is 250 g/mol. The number of carbonyl (C=O) groups is 1. The molecule has 5 heteroatoms. The summed E-state index contributed by atoms with van der Waals surface area (Å²) in [6.45, 7) is 6.73. The molecule has 0 bridgehead atoms. The van der Waals surface area contributed by atoms with Crippen LogP contribution in [0.15, 0.2) is 12.4 Å². The molecule has 1 fully saturated rings. The summed E-state index contributed by atoms with van der Waals surface area (Å²) in [6.07, 6.45) is 6.87. The fraction of sp³-hybridized carbons (Fsp3) is 0.692. The average Bonchev–Trinajstić information content (AvgIpc) is 3.02. The minimum atomic E-state index is -0.396. The molecule has 1 aliphatic rings.